The number of methoxy groups -OCH3 is 2. The smallest absolute Gasteiger partial charge is 0.156 e. The van der Waals surface area contributed by atoms with Crippen LogP contribution in [0.4, 0.5) is 0 Å². The largest absolute Gasteiger partial charge is 0.497 e. The lowest BCUT2D eigenvalue weighted by Crippen LogP contribution is -2.11. The average molecular weight is 238 g/mol. The first kappa shape index (κ1) is 12.2. The van der Waals surface area contributed by atoms with Gasteiger partial charge in [0.1, 0.15) is 17.6 Å². The van der Waals surface area contributed by atoms with Gasteiger partial charge in [-0.3, -0.25) is 0 Å². The maximum atomic E-state index is 5.74. The number of ether oxygens (including phenoxy) is 4. The van der Waals surface area contributed by atoms with E-state index < -0.39 is 0 Å². The molecule has 1 fully saturated rings. The van der Waals surface area contributed by atoms with E-state index >= 15 is 0 Å². The minimum absolute atomic E-state index is 0.00556. The van der Waals surface area contributed by atoms with Gasteiger partial charge in [-0.05, 0) is 32.0 Å². The van der Waals surface area contributed by atoms with Crippen LogP contribution in [0.3, 0.4) is 0 Å². The summed E-state index contributed by atoms with van der Waals surface area (Å²) in [7, 11) is 3.29. The van der Waals surface area contributed by atoms with Crippen LogP contribution in [0.2, 0.25) is 0 Å². The first-order chi connectivity index (χ1) is 8.15. The van der Waals surface area contributed by atoms with Crippen molar-refractivity contribution < 1.29 is 18.9 Å². The van der Waals surface area contributed by atoms with Crippen LogP contribution in [0.15, 0.2) is 18.2 Å². The summed E-state index contributed by atoms with van der Waals surface area (Å²) in [6.07, 6.45) is -0.299. The van der Waals surface area contributed by atoms with Crippen molar-refractivity contribution >= 4 is 0 Å². The van der Waals surface area contributed by atoms with Crippen LogP contribution in [-0.2, 0) is 9.47 Å². The van der Waals surface area contributed by atoms with Gasteiger partial charge >= 0.3 is 0 Å². The van der Waals surface area contributed by atoms with Crippen LogP contribution in [0.5, 0.6) is 11.5 Å². The number of rotatable bonds is 3. The molecule has 1 aliphatic heterocycles. The van der Waals surface area contributed by atoms with Crippen molar-refractivity contribution in [2.75, 3.05) is 14.2 Å². The van der Waals surface area contributed by atoms with E-state index in [1.54, 1.807) is 14.2 Å². The lowest BCUT2D eigenvalue weighted by Gasteiger charge is -2.17. The molecule has 0 amide bonds. The van der Waals surface area contributed by atoms with Crippen molar-refractivity contribution in [2.45, 2.75) is 32.3 Å². The molecule has 17 heavy (non-hydrogen) atoms. The van der Waals surface area contributed by atoms with Gasteiger partial charge in [-0.15, -0.1) is 0 Å². The van der Waals surface area contributed by atoms with Gasteiger partial charge in [0, 0.05) is 5.56 Å². The van der Waals surface area contributed by atoms with Gasteiger partial charge in [0.05, 0.1) is 20.3 Å². The van der Waals surface area contributed by atoms with Crippen molar-refractivity contribution in [3.8, 4) is 11.5 Å². The molecule has 0 radical (unpaired) electrons. The Balaban J connectivity index is 2.35. The molecule has 0 aliphatic carbocycles. The number of hydrogen-bond donors (Lipinski definition) is 0. The van der Waals surface area contributed by atoms with Gasteiger partial charge in [0.25, 0.3) is 0 Å². The van der Waals surface area contributed by atoms with Crippen molar-refractivity contribution in [1.29, 1.82) is 0 Å². The SMILES string of the molecule is COc1ccc(OC)c([C@@H]2O[C@@H](C)O[C@@H]2C)c1. The Morgan fingerprint density at radius 1 is 1.06 bits per heavy atom. The second kappa shape index (κ2) is 4.94. The minimum Gasteiger partial charge on any atom is -0.497 e. The maximum absolute atomic E-state index is 5.74. The monoisotopic (exact) mass is 238 g/mol. The summed E-state index contributed by atoms with van der Waals surface area (Å²) in [6, 6.07) is 5.68. The van der Waals surface area contributed by atoms with E-state index in [0.29, 0.717) is 0 Å². The highest BCUT2D eigenvalue weighted by atomic mass is 16.7. The molecule has 4 nitrogen and oxygen atoms in total. The summed E-state index contributed by atoms with van der Waals surface area (Å²) in [5.74, 6) is 1.58. The predicted molar refractivity (Wildman–Crippen MR) is 63.4 cm³/mol. The van der Waals surface area contributed by atoms with E-state index in [0.717, 1.165) is 17.1 Å². The Kier molecular flexibility index (Phi) is 3.54. The maximum Gasteiger partial charge on any atom is 0.156 e. The Morgan fingerprint density at radius 2 is 1.82 bits per heavy atom. The summed E-state index contributed by atoms with van der Waals surface area (Å²) in [6.45, 7) is 3.89. The molecule has 0 N–H and O–H groups in total. The summed E-state index contributed by atoms with van der Waals surface area (Å²) < 4.78 is 21.9. The molecule has 94 valence electrons. The normalized spacial score (nSPS) is 28.1. The zero-order valence-electron chi connectivity index (χ0n) is 10.6. The molecule has 1 aliphatic rings. The summed E-state index contributed by atoms with van der Waals surface area (Å²) in [5.41, 5.74) is 0.962. The van der Waals surface area contributed by atoms with Gasteiger partial charge in [0.2, 0.25) is 0 Å². The van der Waals surface area contributed by atoms with Crippen LogP contribution in [-0.4, -0.2) is 26.6 Å². The number of hydrogen-bond acceptors (Lipinski definition) is 4. The van der Waals surface area contributed by atoms with E-state index in [1.807, 2.05) is 32.0 Å². The Morgan fingerprint density at radius 3 is 2.35 bits per heavy atom. The quantitative estimate of drug-likeness (QED) is 0.810. The topological polar surface area (TPSA) is 36.9 Å². The predicted octanol–water partition coefficient (Wildman–Crippen LogP) is 2.53. The third kappa shape index (κ3) is 2.37. The first-order valence-corrected chi connectivity index (χ1v) is 5.68. The molecule has 1 heterocycles. The van der Waals surface area contributed by atoms with Crippen molar-refractivity contribution in [3.05, 3.63) is 23.8 Å². The second-order valence-electron chi connectivity index (χ2n) is 4.07. The molecule has 0 spiro atoms. The molecule has 0 aromatic heterocycles. The van der Waals surface area contributed by atoms with E-state index in [-0.39, 0.29) is 18.5 Å². The fraction of sp³-hybridized carbons (Fsp3) is 0.538. The van der Waals surface area contributed by atoms with Gasteiger partial charge in [-0.2, -0.15) is 0 Å². The first-order valence-electron chi connectivity index (χ1n) is 5.68. The molecule has 1 aromatic carbocycles. The molecular formula is C13H18O4. The minimum atomic E-state index is -0.189. The molecule has 1 saturated heterocycles. The number of benzene rings is 1. The third-order valence-corrected chi connectivity index (χ3v) is 2.91. The fourth-order valence-corrected chi connectivity index (χ4v) is 2.11. The highest BCUT2D eigenvalue weighted by Gasteiger charge is 2.33. The molecule has 3 atom stereocenters. The van der Waals surface area contributed by atoms with Crippen molar-refractivity contribution in [3.63, 3.8) is 0 Å². The van der Waals surface area contributed by atoms with Crippen molar-refractivity contribution in [2.24, 2.45) is 0 Å². The zero-order chi connectivity index (χ0) is 12.4. The van der Waals surface area contributed by atoms with E-state index in [9.17, 15) is 0 Å². The van der Waals surface area contributed by atoms with E-state index in [1.165, 1.54) is 0 Å². The molecule has 0 unspecified atom stereocenters. The van der Waals surface area contributed by atoms with Gasteiger partial charge in [0.15, 0.2) is 6.29 Å². The summed E-state index contributed by atoms with van der Waals surface area (Å²) in [5, 5.41) is 0. The molecule has 4 heteroatoms. The highest BCUT2D eigenvalue weighted by Crippen LogP contribution is 2.38. The average Bonchev–Trinajstić information content (AvgIpc) is 2.67. The van der Waals surface area contributed by atoms with Crippen LogP contribution >= 0.6 is 0 Å². The molecule has 0 bridgehead atoms. The molecular weight excluding hydrogens is 220 g/mol. The van der Waals surface area contributed by atoms with Gasteiger partial charge in [-0.1, -0.05) is 0 Å². The van der Waals surface area contributed by atoms with E-state index in [4.69, 9.17) is 18.9 Å². The lowest BCUT2D eigenvalue weighted by molar-refractivity contribution is -0.0496. The molecule has 0 saturated carbocycles. The molecule has 2 rings (SSSR count). The zero-order valence-corrected chi connectivity index (χ0v) is 10.6. The van der Waals surface area contributed by atoms with E-state index in [2.05, 4.69) is 0 Å². The Bertz CT molecular complexity index is 391. The van der Waals surface area contributed by atoms with Crippen molar-refractivity contribution in [1.82, 2.24) is 0 Å². The Hall–Kier alpha value is -1.26. The summed E-state index contributed by atoms with van der Waals surface area (Å²) in [4.78, 5) is 0. The summed E-state index contributed by atoms with van der Waals surface area (Å²) >= 11 is 0. The van der Waals surface area contributed by atoms with Crippen LogP contribution in [0.1, 0.15) is 25.5 Å². The second-order valence-corrected chi connectivity index (χ2v) is 4.07. The van der Waals surface area contributed by atoms with Gasteiger partial charge in [-0.25, -0.2) is 0 Å². The standard InChI is InChI=1S/C13H18O4/c1-8-13(17-9(2)16-8)11-7-10(14-3)5-6-12(11)15-4/h5-9,13H,1-4H3/t8-,9+,13-/m1/s1. The third-order valence-electron chi connectivity index (χ3n) is 2.91. The fourth-order valence-electron chi connectivity index (χ4n) is 2.11. The van der Waals surface area contributed by atoms with Crippen LogP contribution in [0, 0.1) is 0 Å². The van der Waals surface area contributed by atoms with Crippen LogP contribution < -0.4 is 9.47 Å². The highest BCUT2D eigenvalue weighted by molar-refractivity contribution is 5.42. The van der Waals surface area contributed by atoms with Gasteiger partial charge < -0.3 is 18.9 Å². The Labute approximate surface area is 101 Å². The lowest BCUT2D eigenvalue weighted by atomic mass is 10.0. The molecule has 1 aromatic rings. The van der Waals surface area contributed by atoms with Crippen LogP contribution in [0.25, 0.3) is 0 Å².